The highest BCUT2D eigenvalue weighted by molar-refractivity contribution is 5.83. The zero-order valence-corrected chi connectivity index (χ0v) is 14.7. The molecule has 1 saturated heterocycles. The first-order valence-electron chi connectivity index (χ1n) is 8.45. The highest BCUT2D eigenvalue weighted by atomic mass is 16.5. The van der Waals surface area contributed by atoms with Gasteiger partial charge in [0.15, 0.2) is 5.65 Å². The molecule has 0 saturated carbocycles. The molecule has 0 N–H and O–H groups in total. The Morgan fingerprint density at radius 1 is 1.28 bits per heavy atom. The Kier molecular flexibility index (Phi) is 4.61. The fourth-order valence-corrected chi connectivity index (χ4v) is 3.19. The molecule has 134 valence electrons. The number of carbonyl (C=O) groups is 1. The molecular formula is C17H22N4O4. The molecule has 3 heterocycles. The molecule has 2 aromatic heterocycles. The fraction of sp³-hybridized carbons (Fsp3) is 0.529. The summed E-state index contributed by atoms with van der Waals surface area (Å²) in [5.74, 6) is 0.199. The summed E-state index contributed by atoms with van der Waals surface area (Å²) in [5.41, 5.74) is -0.120. The maximum absolute atomic E-state index is 13.0. The molecule has 1 amide bonds. The van der Waals surface area contributed by atoms with E-state index in [1.165, 1.54) is 4.57 Å². The van der Waals surface area contributed by atoms with Gasteiger partial charge in [0, 0.05) is 31.9 Å². The molecule has 0 spiro atoms. The van der Waals surface area contributed by atoms with Gasteiger partial charge in [-0.25, -0.2) is 14.3 Å². The fourth-order valence-electron chi connectivity index (χ4n) is 3.19. The largest absolute Gasteiger partial charge is 0.493 e. The Balaban J connectivity index is 2.19. The monoisotopic (exact) mass is 346 g/mol. The van der Waals surface area contributed by atoms with Gasteiger partial charge in [-0.1, -0.05) is 0 Å². The van der Waals surface area contributed by atoms with Gasteiger partial charge >= 0.3 is 5.69 Å². The first kappa shape index (κ1) is 17.2. The Labute approximate surface area is 144 Å². The van der Waals surface area contributed by atoms with E-state index in [2.05, 4.69) is 4.98 Å². The van der Waals surface area contributed by atoms with Crippen LogP contribution in [0.5, 0.6) is 5.75 Å². The number of fused-ring (bicyclic) bond motifs is 1. The summed E-state index contributed by atoms with van der Waals surface area (Å²) in [6, 6.07) is 0. The summed E-state index contributed by atoms with van der Waals surface area (Å²) >= 11 is 0. The zero-order valence-electron chi connectivity index (χ0n) is 14.7. The summed E-state index contributed by atoms with van der Waals surface area (Å²) in [5, 5.41) is 0.234. The van der Waals surface area contributed by atoms with Crippen molar-refractivity contribution in [1.29, 1.82) is 0 Å². The summed E-state index contributed by atoms with van der Waals surface area (Å²) in [4.78, 5) is 43.9. The van der Waals surface area contributed by atoms with E-state index >= 15 is 0 Å². The van der Waals surface area contributed by atoms with Gasteiger partial charge in [0.1, 0.15) is 17.7 Å². The smallest absolute Gasteiger partial charge is 0.332 e. The SMILES string of the molecule is CCOc1c(C)cnc2c1c(=O)n(CC(=O)N1CCCC1)c(=O)n2C. The Hall–Kier alpha value is -2.64. The van der Waals surface area contributed by atoms with Gasteiger partial charge in [0.05, 0.1) is 6.61 Å². The Morgan fingerprint density at radius 2 is 1.96 bits per heavy atom. The topological polar surface area (TPSA) is 86.4 Å². The molecule has 25 heavy (non-hydrogen) atoms. The third-order valence-electron chi connectivity index (χ3n) is 4.52. The van der Waals surface area contributed by atoms with Crippen molar-refractivity contribution in [3.8, 4) is 5.75 Å². The predicted octanol–water partition coefficient (Wildman–Crippen LogP) is 0.425. The van der Waals surface area contributed by atoms with Crippen molar-refractivity contribution in [2.45, 2.75) is 33.2 Å². The predicted molar refractivity (Wildman–Crippen MR) is 93.0 cm³/mol. The van der Waals surface area contributed by atoms with Gasteiger partial charge in [-0.15, -0.1) is 0 Å². The lowest BCUT2D eigenvalue weighted by molar-refractivity contribution is -0.130. The number of likely N-dealkylation sites (tertiary alicyclic amines) is 1. The number of rotatable bonds is 4. The van der Waals surface area contributed by atoms with Crippen LogP contribution in [0.25, 0.3) is 11.0 Å². The first-order valence-corrected chi connectivity index (χ1v) is 8.45. The molecule has 0 unspecified atom stereocenters. The van der Waals surface area contributed by atoms with E-state index in [1.807, 2.05) is 6.92 Å². The molecule has 0 radical (unpaired) electrons. The number of hydrogen-bond acceptors (Lipinski definition) is 5. The number of aromatic nitrogens is 3. The van der Waals surface area contributed by atoms with Crippen LogP contribution in [0, 0.1) is 6.92 Å². The van der Waals surface area contributed by atoms with Crippen LogP contribution in [0.15, 0.2) is 15.8 Å². The third-order valence-corrected chi connectivity index (χ3v) is 4.52. The van der Waals surface area contributed by atoms with E-state index in [4.69, 9.17) is 4.74 Å². The molecule has 8 nitrogen and oxygen atoms in total. The van der Waals surface area contributed by atoms with Crippen molar-refractivity contribution in [2.24, 2.45) is 7.05 Å². The van der Waals surface area contributed by atoms with Crippen LogP contribution >= 0.6 is 0 Å². The summed E-state index contributed by atoms with van der Waals surface area (Å²) in [7, 11) is 1.54. The average molecular weight is 346 g/mol. The van der Waals surface area contributed by atoms with Gasteiger partial charge in [0.2, 0.25) is 5.91 Å². The number of ether oxygens (including phenoxy) is 1. The number of hydrogen-bond donors (Lipinski definition) is 0. The van der Waals surface area contributed by atoms with E-state index < -0.39 is 11.2 Å². The maximum atomic E-state index is 13.0. The second-order valence-electron chi connectivity index (χ2n) is 6.22. The van der Waals surface area contributed by atoms with E-state index in [-0.39, 0.29) is 23.5 Å². The summed E-state index contributed by atoms with van der Waals surface area (Å²) < 4.78 is 7.89. The van der Waals surface area contributed by atoms with Crippen molar-refractivity contribution in [3.63, 3.8) is 0 Å². The van der Waals surface area contributed by atoms with Gasteiger partial charge < -0.3 is 9.64 Å². The first-order chi connectivity index (χ1) is 12.0. The third kappa shape index (κ3) is 2.92. The quantitative estimate of drug-likeness (QED) is 0.801. The van der Waals surface area contributed by atoms with Crippen LogP contribution in [-0.4, -0.2) is 44.6 Å². The molecule has 0 aromatic carbocycles. The van der Waals surface area contributed by atoms with Crippen LogP contribution in [0.4, 0.5) is 0 Å². The van der Waals surface area contributed by atoms with Crippen molar-refractivity contribution in [1.82, 2.24) is 19.0 Å². The molecule has 8 heteroatoms. The molecule has 0 atom stereocenters. The zero-order chi connectivity index (χ0) is 18.1. The van der Waals surface area contributed by atoms with Crippen LogP contribution in [-0.2, 0) is 18.4 Å². The van der Waals surface area contributed by atoms with E-state index in [1.54, 1.807) is 25.1 Å². The van der Waals surface area contributed by atoms with Crippen LogP contribution < -0.4 is 16.0 Å². The second kappa shape index (κ2) is 6.70. The van der Waals surface area contributed by atoms with Crippen molar-refractivity contribution >= 4 is 16.9 Å². The molecular weight excluding hydrogens is 324 g/mol. The summed E-state index contributed by atoms with van der Waals surface area (Å²) in [6.45, 7) is 5.08. The average Bonchev–Trinajstić information content (AvgIpc) is 3.13. The number of pyridine rings is 1. The van der Waals surface area contributed by atoms with E-state index in [0.717, 1.165) is 17.4 Å². The highest BCUT2D eigenvalue weighted by Crippen LogP contribution is 2.24. The number of nitrogens with zero attached hydrogens (tertiary/aromatic N) is 4. The minimum absolute atomic E-state index is 0.213. The highest BCUT2D eigenvalue weighted by Gasteiger charge is 2.23. The Morgan fingerprint density at radius 3 is 2.60 bits per heavy atom. The van der Waals surface area contributed by atoms with Gasteiger partial charge in [-0.05, 0) is 26.7 Å². The van der Waals surface area contributed by atoms with Crippen molar-refractivity contribution in [2.75, 3.05) is 19.7 Å². The Bertz CT molecular complexity index is 938. The molecule has 1 fully saturated rings. The molecule has 2 aromatic rings. The molecule has 1 aliphatic rings. The lowest BCUT2D eigenvalue weighted by atomic mass is 10.2. The van der Waals surface area contributed by atoms with Gasteiger partial charge in [-0.2, -0.15) is 0 Å². The maximum Gasteiger partial charge on any atom is 0.332 e. The second-order valence-corrected chi connectivity index (χ2v) is 6.22. The number of carbonyl (C=O) groups excluding carboxylic acids is 1. The minimum Gasteiger partial charge on any atom is -0.493 e. The number of aryl methyl sites for hydroxylation is 2. The van der Waals surface area contributed by atoms with Crippen LogP contribution in [0.2, 0.25) is 0 Å². The standard InChI is InChI=1S/C17H22N4O4/c1-4-25-14-11(2)9-18-15-13(14)16(23)21(17(24)19(15)3)10-12(22)20-7-5-6-8-20/h9H,4-8,10H2,1-3H3. The van der Waals surface area contributed by atoms with E-state index in [9.17, 15) is 14.4 Å². The van der Waals surface area contributed by atoms with E-state index in [0.29, 0.717) is 31.0 Å². The van der Waals surface area contributed by atoms with Crippen molar-refractivity contribution in [3.05, 3.63) is 32.6 Å². The molecule has 1 aliphatic heterocycles. The minimum atomic E-state index is -0.552. The van der Waals surface area contributed by atoms with Crippen LogP contribution in [0.3, 0.4) is 0 Å². The van der Waals surface area contributed by atoms with Gasteiger partial charge in [0.25, 0.3) is 5.56 Å². The number of amides is 1. The summed E-state index contributed by atoms with van der Waals surface area (Å²) in [6.07, 6.45) is 3.48. The lowest BCUT2D eigenvalue weighted by Gasteiger charge is -2.17. The van der Waals surface area contributed by atoms with Crippen molar-refractivity contribution < 1.29 is 9.53 Å². The lowest BCUT2D eigenvalue weighted by Crippen LogP contribution is -2.44. The molecule has 0 aliphatic carbocycles. The van der Waals surface area contributed by atoms with Crippen LogP contribution in [0.1, 0.15) is 25.3 Å². The normalized spacial score (nSPS) is 14.3. The van der Waals surface area contributed by atoms with Gasteiger partial charge in [-0.3, -0.25) is 14.2 Å². The molecule has 0 bridgehead atoms. The molecule has 3 rings (SSSR count).